The molecule has 0 aliphatic heterocycles. The van der Waals surface area contributed by atoms with E-state index in [1.165, 1.54) is 11.1 Å². The SMILES string of the molecule is CCOc1ccccc1CNC(=NC)NCc1ccc(Cn2ccnc2)cc1. The zero-order valence-corrected chi connectivity index (χ0v) is 16.4. The van der Waals surface area contributed by atoms with Crippen LogP contribution in [0.2, 0.25) is 0 Å². The standard InChI is InChI=1S/C22H27N5O/c1-3-28-21-7-5-4-6-20(21)15-26-22(23-2)25-14-18-8-10-19(11-9-18)16-27-13-12-24-17-27/h4-13,17H,3,14-16H2,1-2H3,(H2,23,25,26). The number of aliphatic imine (C=N–C) groups is 1. The highest BCUT2D eigenvalue weighted by Crippen LogP contribution is 2.17. The fraction of sp³-hybridized carbons (Fsp3) is 0.273. The molecular formula is C22H27N5O. The molecule has 3 aromatic rings. The molecule has 1 aromatic heterocycles. The topological polar surface area (TPSA) is 63.5 Å². The molecule has 0 bridgehead atoms. The van der Waals surface area contributed by atoms with Gasteiger partial charge in [0, 0.05) is 44.6 Å². The highest BCUT2D eigenvalue weighted by molar-refractivity contribution is 5.79. The fourth-order valence-corrected chi connectivity index (χ4v) is 2.89. The van der Waals surface area contributed by atoms with Crippen molar-refractivity contribution in [3.8, 4) is 5.75 Å². The quantitative estimate of drug-likeness (QED) is 0.467. The van der Waals surface area contributed by atoms with Crippen molar-refractivity contribution in [2.75, 3.05) is 13.7 Å². The average molecular weight is 377 g/mol. The number of rotatable bonds is 8. The number of hydrogen-bond donors (Lipinski definition) is 2. The Labute approximate surface area is 166 Å². The molecule has 2 aromatic carbocycles. The number of nitrogens with one attached hydrogen (secondary N) is 2. The molecule has 0 atom stereocenters. The van der Waals surface area contributed by atoms with Crippen molar-refractivity contribution < 1.29 is 4.74 Å². The summed E-state index contributed by atoms with van der Waals surface area (Å²) >= 11 is 0. The van der Waals surface area contributed by atoms with Crippen LogP contribution in [0.25, 0.3) is 0 Å². The van der Waals surface area contributed by atoms with Crippen LogP contribution in [0.15, 0.2) is 72.2 Å². The molecule has 146 valence electrons. The molecule has 0 unspecified atom stereocenters. The summed E-state index contributed by atoms with van der Waals surface area (Å²) in [5.74, 6) is 1.66. The van der Waals surface area contributed by atoms with Gasteiger partial charge in [-0.05, 0) is 24.1 Å². The number of benzene rings is 2. The minimum Gasteiger partial charge on any atom is -0.494 e. The van der Waals surface area contributed by atoms with Gasteiger partial charge in [-0.25, -0.2) is 4.98 Å². The van der Waals surface area contributed by atoms with Gasteiger partial charge in [0.25, 0.3) is 0 Å². The van der Waals surface area contributed by atoms with E-state index < -0.39 is 0 Å². The Hall–Kier alpha value is -3.28. The summed E-state index contributed by atoms with van der Waals surface area (Å²) in [4.78, 5) is 8.38. The molecule has 2 N–H and O–H groups in total. The molecule has 28 heavy (non-hydrogen) atoms. The summed E-state index contributed by atoms with van der Waals surface area (Å²) in [6, 6.07) is 16.6. The van der Waals surface area contributed by atoms with Gasteiger partial charge in [-0.3, -0.25) is 4.99 Å². The van der Waals surface area contributed by atoms with E-state index in [9.17, 15) is 0 Å². The van der Waals surface area contributed by atoms with Gasteiger partial charge < -0.3 is 19.9 Å². The lowest BCUT2D eigenvalue weighted by atomic mass is 10.1. The maximum absolute atomic E-state index is 5.67. The Balaban J connectivity index is 1.50. The third-order valence-electron chi connectivity index (χ3n) is 4.35. The van der Waals surface area contributed by atoms with Gasteiger partial charge in [-0.15, -0.1) is 0 Å². The lowest BCUT2D eigenvalue weighted by molar-refractivity contribution is 0.336. The summed E-state index contributed by atoms with van der Waals surface area (Å²) in [5, 5.41) is 6.70. The zero-order chi connectivity index (χ0) is 19.6. The number of imidazole rings is 1. The van der Waals surface area contributed by atoms with Gasteiger partial charge in [0.15, 0.2) is 5.96 Å². The van der Waals surface area contributed by atoms with Crippen LogP contribution < -0.4 is 15.4 Å². The monoisotopic (exact) mass is 377 g/mol. The Morgan fingerprint density at radius 2 is 1.79 bits per heavy atom. The first-order valence-electron chi connectivity index (χ1n) is 9.47. The van der Waals surface area contributed by atoms with Crippen molar-refractivity contribution in [3.63, 3.8) is 0 Å². The van der Waals surface area contributed by atoms with E-state index in [1.54, 1.807) is 13.2 Å². The minimum absolute atomic E-state index is 0.652. The van der Waals surface area contributed by atoms with E-state index in [4.69, 9.17) is 4.74 Å². The number of ether oxygens (including phenoxy) is 1. The van der Waals surface area contributed by atoms with Gasteiger partial charge in [-0.2, -0.15) is 0 Å². The van der Waals surface area contributed by atoms with Crippen molar-refractivity contribution in [3.05, 3.63) is 83.9 Å². The van der Waals surface area contributed by atoms with Crippen molar-refractivity contribution in [2.45, 2.75) is 26.6 Å². The van der Waals surface area contributed by atoms with Gasteiger partial charge in [-0.1, -0.05) is 42.5 Å². The van der Waals surface area contributed by atoms with Gasteiger partial charge >= 0.3 is 0 Å². The van der Waals surface area contributed by atoms with Crippen molar-refractivity contribution in [1.29, 1.82) is 0 Å². The number of para-hydroxylation sites is 1. The molecular weight excluding hydrogens is 350 g/mol. The van der Waals surface area contributed by atoms with E-state index in [2.05, 4.69) is 55.5 Å². The summed E-state index contributed by atoms with van der Waals surface area (Å²) in [7, 11) is 1.78. The van der Waals surface area contributed by atoms with E-state index in [1.807, 2.05) is 37.6 Å². The Kier molecular flexibility index (Phi) is 7.07. The van der Waals surface area contributed by atoms with Gasteiger partial charge in [0.05, 0.1) is 12.9 Å². The van der Waals surface area contributed by atoms with Gasteiger partial charge in [0.2, 0.25) is 0 Å². The normalized spacial score (nSPS) is 11.3. The molecule has 1 heterocycles. The number of nitrogens with zero attached hydrogens (tertiary/aromatic N) is 3. The molecule has 0 fully saturated rings. The maximum Gasteiger partial charge on any atom is 0.191 e. The summed E-state index contributed by atoms with van der Waals surface area (Å²) in [5.41, 5.74) is 3.56. The third kappa shape index (κ3) is 5.61. The largest absolute Gasteiger partial charge is 0.494 e. The Morgan fingerprint density at radius 3 is 2.50 bits per heavy atom. The Bertz CT molecular complexity index is 872. The first-order valence-corrected chi connectivity index (χ1v) is 9.47. The van der Waals surface area contributed by atoms with E-state index >= 15 is 0 Å². The summed E-state index contributed by atoms with van der Waals surface area (Å²) in [6.45, 7) is 4.83. The second-order valence-electron chi connectivity index (χ2n) is 6.37. The van der Waals surface area contributed by atoms with E-state index in [-0.39, 0.29) is 0 Å². The molecule has 0 spiro atoms. The van der Waals surface area contributed by atoms with Crippen LogP contribution in [0, 0.1) is 0 Å². The van der Waals surface area contributed by atoms with Crippen LogP contribution in [0.3, 0.4) is 0 Å². The molecule has 0 amide bonds. The van der Waals surface area contributed by atoms with Crippen molar-refractivity contribution >= 4 is 5.96 Å². The molecule has 0 aliphatic rings. The predicted octanol–water partition coefficient (Wildman–Crippen LogP) is 3.20. The van der Waals surface area contributed by atoms with Crippen LogP contribution in [0.1, 0.15) is 23.6 Å². The molecule has 0 aliphatic carbocycles. The molecule has 3 rings (SSSR count). The number of guanidine groups is 1. The van der Waals surface area contributed by atoms with Crippen LogP contribution in [-0.2, 0) is 19.6 Å². The highest BCUT2D eigenvalue weighted by atomic mass is 16.5. The second-order valence-corrected chi connectivity index (χ2v) is 6.37. The van der Waals surface area contributed by atoms with E-state index in [0.717, 1.165) is 23.8 Å². The molecule has 0 saturated heterocycles. The molecule has 6 heteroatoms. The van der Waals surface area contributed by atoms with E-state index in [0.29, 0.717) is 19.7 Å². The van der Waals surface area contributed by atoms with Crippen LogP contribution in [-0.4, -0.2) is 29.2 Å². The fourth-order valence-electron chi connectivity index (χ4n) is 2.89. The molecule has 0 saturated carbocycles. The van der Waals surface area contributed by atoms with Gasteiger partial charge in [0.1, 0.15) is 5.75 Å². The average Bonchev–Trinajstić information content (AvgIpc) is 3.23. The first kappa shape index (κ1) is 19.5. The minimum atomic E-state index is 0.652. The smallest absolute Gasteiger partial charge is 0.191 e. The van der Waals surface area contributed by atoms with Crippen LogP contribution >= 0.6 is 0 Å². The number of aromatic nitrogens is 2. The summed E-state index contributed by atoms with van der Waals surface area (Å²) < 4.78 is 7.73. The number of hydrogen-bond acceptors (Lipinski definition) is 3. The maximum atomic E-state index is 5.67. The molecule has 6 nitrogen and oxygen atoms in total. The predicted molar refractivity (Wildman–Crippen MR) is 112 cm³/mol. The first-order chi connectivity index (χ1) is 13.8. The Morgan fingerprint density at radius 1 is 1.04 bits per heavy atom. The highest BCUT2D eigenvalue weighted by Gasteiger charge is 2.04. The van der Waals surface area contributed by atoms with Crippen LogP contribution in [0.4, 0.5) is 0 Å². The molecule has 0 radical (unpaired) electrons. The third-order valence-corrected chi connectivity index (χ3v) is 4.35. The zero-order valence-electron chi connectivity index (χ0n) is 16.4. The lowest BCUT2D eigenvalue weighted by Gasteiger charge is -2.14. The van der Waals surface area contributed by atoms with Crippen molar-refractivity contribution in [1.82, 2.24) is 20.2 Å². The van der Waals surface area contributed by atoms with Crippen LogP contribution in [0.5, 0.6) is 5.75 Å². The lowest BCUT2D eigenvalue weighted by Crippen LogP contribution is -2.36. The van der Waals surface area contributed by atoms with Crippen molar-refractivity contribution in [2.24, 2.45) is 4.99 Å². The summed E-state index contributed by atoms with van der Waals surface area (Å²) in [6.07, 6.45) is 5.59. The second kappa shape index (κ2) is 10.2.